The van der Waals surface area contributed by atoms with Gasteiger partial charge in [0.25, 0.3) is 0 Å². The normalized spacial score (nSPS) is 12.4. The number of benzene rings is 2. The Bertz CT molecular complexity index is 1230. The van der Waals surface area contributed by atoms with Crippen molar-refractivity contribution in [3.63, 3.8) is 0 Å². The molecule has 0 radical (unpaired) electrons. The lowest BCUT2D eigenvalue weighted by atomic mass is 10.1. The summed E-state index contributed by atoms with van der Waals surface area (Å²) in [5, 5.41) is 0. The largest absolute Gasteiger partial charge is 0.494 e. The van der Waals surface area contributed by atoms with Crippen molar-refractivity contribution < 1.29 is 18.6 Å². The van der Waals surface area contributed by atoms with Crippen LogP contribution in [0.4, 0.5) is 15.9 Å². The van der Waals surface area contributed by atoms with Gasteiger partial charge in [-0.1, -0.05) is 12.1 Å². The van der Waals surface area contributed by atoms with Crippen LogP contribution in [-0.2, 0) is 0 Å². The topological polar surface area (TPSA) is 56.7 Å². The van der Waals surface area contributed by atoms with Gasteiger partial charge in [0.15, 0.2) is 28.9 Å². The molecule has 0 aliphatic carbocycles. The molecule has 29 heavy (non-hydrogen) atoms. The molecule has 0 N–H and O–H groups in total. The summed E-state index contributed by atoms with van der Waals surface area (Å²) in [6, 6.07) is 12.7. The molecule has 146 valence electrons. The van der Waals surface area contributed by atoms with Crippen LogP contribution in [0.1, 0.15) is 0 Å². The zero-order valence-corrected chi connectivity index (χ0v) is 16.5. The van der Waals surface area contributed by atoms with Crippen molar-refractivity contribution in [3.05, 3.63) is 54.6 Å². The maximum absolute atomic E-state index is 14.7. The Labute approximate surface area is 170 Å². The Morgan fingerprint density at radius 3 is 2.83 bits per heavy atom. The number of nitrogens with zero attached hydrogens (tertiary/aromatic N) is 3. The molecule has 2 aromatic heterocycles. The fraction of sp³-hybridized carbons (Fsp3) is 0.143. The highest BCUT2D eigenvalue weighted by atomic mass is 32.1. The maximum atomic E-state index is 14.7. The standard InChI is InChI=1S/C21H16FN3O3S/c1-25(12-6-7-15-17(8-12)28-11-27-15)21-20-14(23-10-24-21)9-18(29-20)13-4-3-5-16(26-2)19(13)22/h3-10H,11H2,1-2H3. The number of methoxy groups -OCH3 is 1. The first-order valence-electron chi connectivity index (χ1n) is 8.86. The number of ether oxygens (including phenoxy) is 3. The summed E-state index contributed by atoms with van der Waals surface area (Å²) in [4.78, 5) is 11.6. The van der Waals surface area contributed by atoms with E-state index in [2.05, 4.69) is 9.97 Å². The summed E-state index contributed by atoms with van der Waals surface area (Å²) in [6.07, 6.45) is 1.51. The lowest BCUT2D eigenvalue weighted by Crippen LogP contribution is -2.11. The van der Waals surface area contributed by atoms with Crippen LogP contribution in [0, 0.1) is 5.82 Å². The average molecular weight is 409 g/mol. The molecule has 8 heteroatoms. The van der Waals surface area contributed by atoms with Gasteiger partial charge in [0.2, 0.25) is 6.79 Å². The van der Waals surface area contributed by atoms with E-state index in [0.717, 1.165) is 32.3 Å². The number of rotatable bonds is 4. The molecule has 1 aliphatic rings. The van der Waals surface area contributed by atoms with Crippen molar-refractivity contribution >= 4 is 33.1 Å². The molecule has 0 saturated heterocycles. The first-order valence-corrected chi connectivity index (χ1v) is 9.68. The monoisotopic (exact) mass is 409 g/mol. The van der Waals surface area contributed by atoms with Gasteiger partial charge in [-0.15, -0.1) is 11.3 Å². The fourth-order valence-corrected chi connectivity index (χ4v) is 4.44. The predicted molar refractivity (Wildman–Crippen MR) is 110 cm³/mol. The first-order chi connectivity index (χ1) is 14.2. The third-order valence-electron chi connectivity index (χ3n) is 4.80. The lowest BCUT2D eigenvalue weighted by Gasteiger charge is -2.19. The molecule has 5 rings (SSSR count). The zero-order chi connectivity index (χ0) is 20.0. The Balaban J connectivity index is 1.59. The summed E-state index contributed by atoms with van der Waals surface area (Å²) < 4.78 is 31.6. The third kappa shape index (κ3) is 2.92. The number of hydrogen-bond donors (Lipinski definition) is 0. The van der Waals surface area contributed by atoms with Crippen molar-refractivity contribution in [3.8, 4) is 27.7 Å². The Hall–Kier alpha value is -3.39. The predicted octanol–water partition coefficient (Wildman–Crippen LogP) is 5.00. The Morgan fingerprint density at radius 2 is 1.97 bits per heavy atom. The first kappa shape index (κ1) is 17.7. The van der Waals surface area contributed by atoms with Gasteiger partial charge in [-0.25, -0.2) is 14.4 Å². The molecule has 0 fully saturated rings. The smallest absolute Gasteiger partial charge is 0.231 e. The van der Waals surface area contributed by atoms with E-state index in [1.54, 1.807) is 18.2 Å². The Morgan fingerprint density at radius 1 is 1.10 bits per heavy atom. The van der Waals surface area contributed by atoms with E-state index in [4.69, 9.17) is 14.2 Å². The highest BCUT2D eigenvalue weighted by Gasteiger charge is 2.20. The van der Waals surface area contributed by atoms with Gasteiger partial charge in [-0.3, -0.25) is 0 Å². The number of aromatic nitrogens is 2. The van der Waals surface area contributed by atoms with Crippen LogP contribution in [0.5, 0.6) is 17.2 Å². The Kier molecular flexibility index (Phi) is 4.21. The third-order valence-corrected chi connectivity index (χ3v) is 5.96. The second-order valence-electron chi connectivity index (χ2n) is 6.44. The number of fused-ring (bicyclic) bond motifs is 2. The molecule has 4 aromatic rings. The van der Waals surface area contributed by atoms with Crippen LogP contribution < -0.4 is 19.1 Å². The summed E-state index contributed by atoms with van der Waals surface area (Å²) in [5.74, 6) is 1.98. The van der Waals surface area contributed by atoms with Crippen molar-refractivity contribution in [2.75, 3.05) is 25.9 Å². The van der Waals surface area contributed by atoms with E-state index in [1.165, 1.54) is 24.8 Å². The quantitative estimate of drug-likeness (QED) is 0.473. The lowest BCUT2D eigenvalue weighted by molar-refractivity contribution is 0.174. The van der Waals surface area contributed by atoms with E-state index < -0.39 is 0 Å². The summed E-state index contributed by atoms with van der Waals surface area (Å²) in [7, 11) is 3.38. The zero-order valence-electron chi connectivity index (χ0n) is 15.7. The van der Waals surface area contributed by atoms with Crippen LogP contribution in [0.25, 0.3) is 20.7 Å². The number of hydrogen-bond acceptors (Lipinski definition) is 7. The minimum atomic E-state index is -0.389. The summed E-state index contributed by atoms with van der Waals surface area (Å²) in [6.45, 7) is 0.223. The molecule has 0 amide bonds. The van der Waals surface area contributed by atoms with Gasteiger partial charge in [0.1, 0.15) is 6.33 Å². The second kappa shape index (κ2) is 6.89. The van der Waals surface area contributed by atoms with Crippen LogP contribution in [0.3, 0.4) is 0 Å². The van der Waals surface area contributed by atoms with Crippen LogP contribution in [0.15, 0.2) is 48.8 Å². The molecule has 6 nitrogen and oxygen atoms in total. The molecule has 0 unspecified atom stereocenters. The maximum Gasteiger partial charge on any atom is 0.231 e. The minimum absolute atomic E-state index is 0.212. The molecule has 1 aliphatic heterocycles. The highest BCUT2D eigenvalue weighted by Crippen LogP contribution is 2.42. The molecule has 3 heterocycles. The van der Waals surface area contributed by atoms with E-state index >= 15 is 0 Å². The minimum Gasteiger partial charge on any atom is -0.494 e. The molecule has 0 atom stereocenters. The van der Waals surface area contributed by atoms with E-state index in [1.807, 2.05) is 36.2 Å². The van der Waals surface area contributed by atoms with Crippen molar-refractivity contribution in [1.82, 2.24) is 9.97 Å². The van der Waals surface area contributed by atoms with E-state index in [0.29, 0.717) is 11.3 Å². The fourth-order valence-electron chi connectivity index (χ4n) is 3.29. The van der Waals surface area contributed by atoms with Gasteiger partial charge in [0, 0.05) is 29.2 Å². The van der Waals surface area contributed by atoms with Gasteiger partial charge in [0.05, 0.1) is 17.3 Å². The second-order valence-corrected chi connectivity index (χ2v) is 7.49. The number of anilines is 2. The van der Waals surface area contributed by atoms with Gasteiger partial charge >= 0.3 is 0 Å². The highest BCUT2D eigenvalue weighted by molar-refractivity contribution is 7.22. The molecule has 0 bridgehead atoms. The van der Waals surface area contributed by atoms with Gasteiger partial charge in [-0.05, 0) is 24.3 Å². The SMILES string of the molecule is COc1cccc(-c2cc3ncnc(N(C)c4ccc5c(c4)OCO5)c3s2)c1F. The molecular formula is C21H16FN3O3S. The van der Waals surface area contributed by atoms with Crippen molar-refractivity contribution in [2.24, 2.45) is 0 Å². The molecule has 0 saturated carbocycles. The van der Waals surface area contributed by atoms with Gasteiger partial charge in [-0.2, -0.15) is 0 Å². The summed E-state index contributed by atoms with van der Waals surface area (Å²) >= 11 is 1.44. The van der Waals surface area contributed by atoms with Gasteiger partial charge < -0.3 is 19.1 Å². The molecule has 0 spiro atoms. The van der Waals surface area contributed by atoms with Crippen molar-refractivity contribution in [1.29, 1.82) is 0 Å². The van der Waals surface area contributed by atoms with Crippen LogP contribution >= 0.6 is 11.3 Å². The molecule has 2 aromatic carbocycles. The summed E-state index contributed by atoms with van der Waals surface area (Å²) in [5.41, 5.74) is 2.13. The molecular weight excluding hydrogens is 393 g/mol. The van der Waals surface area contributed by atoms with E-state index in [-0.39, 0.29) is 18.4 Å². The van der Waals surface area contributed by atoms with E-state index in [9.17, 15) is 4.39 Å². The number of halogens is 1. The van der Waals surface area contributed by atoms with Crippen LogP contribution in [-0.4, -0.2) is 30.9 Å². The average Bonchev–Trinajstić information content (AvgIpc) is 3.39. The van der Waals surface area contributed by atoms with Crippen LogP contribution in [0.2, 0.25) is 0 Å². The number of thiophene rings is 1. The van der Waals surface area contributed by atoms with Crippen molar-refractivity contribution in [2.45, 2.75) is 0 Å².